The van der Waals surface area contributed by atoms with E-state index >= 15 is 0 Å². The average molecular weight is 365 g/mol. The van der Waals surface area contributed by atoms with Crippen molar-refractivity contribution in [1.82, 2.24) is 4.90 Å². The molecule has 0 N–H and O–H groups in total. The fraction of sp³-hybridized carbons (Fsp3) is 0.538. The van der Waals surface area contributed by atoms with E-state index in [9.17, 15) is 4.39 Å². The van der Waals surface area contributed by atoms with Crippen LogP contribution in [0.4, 0.5) is 4.39 Å². The molecule has 1 fully saturated rings. The van der Waals surface area contributed by atoms with Crippen molar-refractivity contribution in [3.63, 3.8) is 0 Å². The number of benzene rings is 1. The van der Waals surface area contributed by atoms with Gasteiger partial charge >= 0.3 is 0 Å². The molecule has 0 atom stereocenters. The van der Waals surface area contributed by atoms with Crippen molar-refractivity contribution in [2.45, 2.75) is 31.8 Å². The molecule has 17 heavy (non-hydrogen) atoms. The lowest BCUT2D eigenvalue weighted by molar-refractivity contribution is 0.128. The molecule has 4 heteroatoms. The van der Waals surface area contributed by atoms with Crippen LogP contribution in [-0.4, -0.2) is 22.8 Å². The molecule has 1 nitrogen and oxygen atoms in total. The minimum Gasteiger partial charge on any atom is -0.295 e. The third kappa shape index (κ3) is 3.76. The summed E-state index contributed by atoms with van der Waals surface area (Å²) in [4.78, 5) is 2.44. The number of halogens is 3. The van der Waals surface area contributed by atoms with Crippen LogP contribution in [0.25, 0.3) is 0 Å². The van der Waals surface area contributed by atoms with Crippen LogP contribution in [0.5, 0.6) is 0 Å². The van der Waals surface area contributed by atoms with E-state index in [4.69, 9.17) is 0 Å². The highest BCUT2D eigenvalue weighted by Gasteiger charge is 2.24. The van der Waals surface area contributed by atoms with Gasteiger partial charge in [-0.2, -0.15) is 0 Å². The molecule has 0 aliphatic heterocycles. The second kappa shape index (κ2) is 6.30. The molecule has 0 heterocycles. The van der Waals surface area contributed by atoms with Crippen LogP contribution >= 0.6 is 31.9 Å². The Labute approximate surface area is 119 Å². The highest BCUT2D eigenvalue weighted by molar-refractivity contribution is 9.10. The Balaban J connectivity index is 2.05. The molecule has 1 aromatic rings. The van der Waals surface area contributed by atoms with E-state index < -0.39 is 0 Å². The molecule has 0 spiro atoms. The van der Waals surface area contributed by atoms with E-state index in [1.165, 1.54) is 25.3 Å². The van der Waals surface area contributed by atoms with E-state index in [-0.39, 0.29) is 5.82 Å². The summed E-state index contributed by atoms with van der Waals surface area (Å²) in [5.41, 5.74) is 1.05. The minimum atomic E-state index is -0.165. The lowest BCUT2D eigenvalue weighted by Gasteiger charge is -2.37. The van der Waals surface area contributed by atoms with Gasteiger partial charge in [0.15, 0.2) is 0 Å². The molecular formula is C13H16Br2FN. The van der Waals surface area contributed by atoms with E-state index in [1.807, 2.05) is 6.07 Å². The predicted molar refractivity (Wildman–Crippen MR) is 75.9 cm³/mol. The van der Waals surface area contributed by atoms with Crippen molar-refractivity contribution >= 4 is 31.9 Å². The second-order valence-corrected chi connectivity index (χ2v) is 6.23. The summed E-state index contributed by atoms with van der Waals surface area (Å²) in [5.74, 6) is -0.165. The third-order valence-electron chi connectivity index (χ3n) is 3.27. The summed E-state index contributed by atoms with van der Waals surface area (Å²) in [6.07, 6.45) is 3.89. The fourth-order valence-corrected chi connectivity index (χ4v) is 3.16. The van der Waals surface area contributed by atoms with Gasteiger partial charge in [0.05, 0.1) is 0 Å². The first-order chi connectivity index (χ1) is 8.19. The van der Waals surface area contributed by atoms with Gasteiger partial charge in [-0.15, -0.1) is 0 Å². The smallest absolute Gasteiger partial charge is 0.124 e. The fourth-order valence-electron chi connectivity index (χ4n) is 2.19. The number of hydrogen-bond donors (Lipinski definition) is 0. The van der Waals surface area contributed by atoms with Gasteiger partial charge in [-0.3, -0.25) is 4.90 Å². The Morgan fingerprint density at radius 1 is 1.29 bits per heavy atom. The Morgan fingerprint density at radius 2 is 2.06 bits per heavy atom. The highest BCUT2D eigenvalue weighted by atomic mass is 79.9. The van der Waals surface area contributed by atoms with E-state index in [0.717, 1.165) is 28.5 Å². The molecule has 0 unspecified atom stereocenters. The molecule has 1 aliphatic rings. The maximum atomic E-state index is 13.3. The molecule has 1 aromatic carbocycles. The van der Waals surface area contributed by atoms with Crippen LogP contribution in [0.3, 0.4) is 0 Å². The molecule has 94 valence electrons. The monoisotopic (exact) mass is 363 g/mol. The van der Waals surface area contributed by atoms with Crippen molar-refractivity contribution in [2.75, 3.05) is 11.9 Å². The van der Waals surface area contributed by atoms with Gasteiger partial charge in [0.2, 0.25) is 0 Å². The summed E-state index contributed by atoms with van der Waals surface area (Å²) in [6, 6.07) is 5.82. The number of nitrogens with zero attached hydrogens (tertiary/aromatic N) is 1. The van der Waals surface area contributed by atoms with Crippen molar-refractivity contribution < 1.29 is 4.39 Å². The Hall–Kier alpha value is 0.0700. The number of hydrogen-bond acceptors (Lipinski definition) is 1. The number of rotatable bonds is 5. The molecular weight excluding hydrogens is 349 g/mol. The van der Waals surface area contributed by atoms with Gasteiger partial charge < -0.3 is 0 Å². The molecule has 0 aromatic heterocycles. The van der Waals surface area contributed by atoms with Gasteiger partial charge in [0, 0.05) is 28.9 Å². The van der Waals surface area contributed by atoms with Crippen LogP contribution < -0.4 is 0 Å². The quantitative estimate of drug-likeness (QED) is 0.702. The van der Waals surface area contributed by atoms with Crippen molar-refractivity contribution in [3.8, 4) is 0 Å². The van der Waals surface area contributed by atoms with Gasteiger partial charge in [-0.05, 0) is 36.6 Å². The molecule has 2 rings (SSSR count). The zero-order chi connectivity index (χ0) is 12.3. The van der Waals surface area contributed by atoms with Gasteiger partial charge in [-0.1, -0.05) is 38.3 Å². The van der Waals surface area contributed by atoms with E-state index in [2.05, 4.69) is 36.8 Å². The molecule has 0 radical (unpaired) electrons. The topological polar surface area (TPSA) is 3.24 Å². The summed E-state index contributed by atoms with van der Waals surface area (Å²) < 4.78 is 14.1. The Kier molecular flexibility index (Phi) is 5.00. The first kappa shape index (κ1) is 13.5. The highest BCUT2D eigenvalue weighted by Crippen LogP contribution is 2.27. The summed E-state index contributed by atoms with van der Waals surface area (Å²) in [5, 5.41) is 0.972. The molecule has 0 amide bonds. The SMILES string of the molecule is Fc1cc(Br)cc(CN(CCBr)C2CCC2)c1. The predicted octanol–water partition coefficient (Wildman–Crippen LogP) is 4.34. The molecule has 1 aliphatic carbocycles. The lowest BCUT2D eigenvalue weighted by atomic mass is 9.91. The van der Waals surface area contributed by atoms with Gasteiger partial charge in [-0.25, -0.2) is 4.39 Å². The van der Waals surface area contributed by atoms with Crippen LogP contribution in [-0.2, 0) is 6.54 Å². The standard InChI is InChI=1S/C13H16Br2FN/c14-4-5-17(13-2-1-3-13)9-10-6-11(15)8-12(16)7-10/h6-8,13H,1-5,9H2. The van der Waals surface area contributed by atoms with Crippen LogP contribution in [0.2, 0.25) is 0 Å². The first-order valence-corrected chi connectivity index (χ1v) is 7.85. The van der Waals surface area contributed by atoms with Gasteiger partial charge in [0.1, 0.15) is 5.82 Å². The van der Waals surface area contributed by atoms with Crippen molar-refractivity contribution in [3.05, 3.63) is 34.1 Å². The Morgan fingerprint density at radius 3 is 2.59 bits per heavy atom. The van der Waals surface area contributed by atoms with E-state index in [0.29, 0.717) is 6.04 Å². The molecule has 0 bridgehead atoms. The average Bonchev–Trinajstić information content (AvgIpc) is 2.13. The minimum absolute atomic E-state index is 0.165. The van der Waals surface area contributed by atoms with Gasteiger partial charge in [0.25, 0.3) is 0 Å². The maximum absolute atomic E-state index is 13.3. The normalized spacial score (nSPS) is 16.2. The Bertz CT molecular complexity index is 359. The van der Waals surface area contributed by atoms with Crippen molar-refractivity contribution in [2.24, 2.45) is 0 Å². The van der Waals surface area contributed by atoms with E-state index in [1.54, 1.807) is 6.07 Å². The van der Waals surface area contributed by atoms with Crippen LogP contribution in [0.1, 0.15) is 24.8 Å². The summed E-state index contributed by atoms with van der Waals surface area (Å²) >= 11 is 6.83. The molecule has 1 saturated carbocycles. The maximum Gasteiger partial charge on any atom is 0.124 e. The third-order valence-corrected chi connectivity index (χ3v) is 4.08. The lowest BCUT2D eigenvalue weighted by Crippen LogP contribution is -2.40. The zero-order valence-corrected chi connectivity index (χ0v) is 12.8. The van der Waals surface area contributed by atoms with Crippen molar-refractivity contribution in [1.29, 1.82) is 0 Å². The zero-order valence-electron chi connectivity index (χ0n) is 9.63. The van der Waals surface area contributed by atoms with Crippen LogP contribution in [0, 0.1) is 5.82 Å². The summed E-state index contributed by atoms with van der Waals surface area (Å²) in [7, 11) is 0. The molecule has 0 saturated heterocycles. The number of alkyl halides is 1. The second-order valence-electron chi connectivity index (χ2n) is 4.52. The largest absolute Gasteiger partial charge is 0.295 e. The van der Waals surface area contributed by atoms with Crippen LogP contribution in [0.15, 0.2) is 22.7 Å². The summed E-state index contributed by atoms with van der Waals surface area (Å²) in [6.45, 7) is 1.87. The first-order valence-electron chi connectivity index (χ1n) is 5.94.